The summed E-state index contributed by atoms with van der Waals surface area (Å²) in [6, 6.07) is 5.11. The van der Waals surface area contributed by atoms with Crippen LogP contribution in [0.15, 0.2) is 36.4 Å². The molecule has 17 heteroatoms. The monoisotopic (exact) mass is 522 g/mol. The average Bonchev–Trinajstić information content (AvgIpc) is 2.65. The van der Waals surface area contributed by atoms with Crippen LogP contribution in [0.4, 0.5) is 74.6 Å². The van der Waals surface area contributed by atoms with Crippen molar-refractivity contribution < 1.29 is 74.6 Å². The average molecular weight is 522 g/mol. The van der Waals surface area contributed by atoms with Crippen LogP contribution in [0.25, 0.3) is 6.08 Å². The minimum Gasteiger partial charge on any atom is -0.195 e. The van der Waals surface area contributed by atoms with E-state index in [1.165, 1.54) is 6.07 Å². The van der Waals surface area contributed by atoms with E-state index in [-0.39, 0.29) is 6.08 Å². The van der Waals surface area contributed by atoms with Gasteiger partial charge in [0.2, 0.25) is 0 Å². The van der Waals surface area contributed by atoms with Crippen LogP contribution in [0.5, 0.6) is 0 Å². The first-order valence-corrected chi connectivity index (χ1v) is 7.78. The molecule has 33 heavy (non-hydrogen) atoms. The van der Waals surface area contributed by atoms with Crippen molar-refractivity contribution in [1.82, 2.24) is 0 Å². The Morgan fingerprint density at radius 3 is 1.12 bits per heavy atom. The third kappa shape index (κ3) is 4.11. The van der Waals surface area contributed by atoms with E-state index in [1.807, 2.05) is 0 Å². The summed E-state index contributed by atoms with van der Waals surface area (Å²) < 4.78 is 222. The Kier molecular flexibility index (Phi) is 6.91. The van der Waals surface area contributed by atoms with Crippen LogP contribution in [0.3, 0.4) is 0 Å². The lowest BCUT2D eigenvalue weighted by atomic mass is 9.89. The summed E-state index contributed by atoms with van der Waals surface area (Å²) in [5, 5.41) is 0. The second-order valence-electron chi connectivity index (χ2n) is 6.31. The summed E-state index contributed by atoms with van der Waals surface area (Å²) in [5.41, 5.74) is -0.468. The molecule has 0 aliphatic heterocycles. The number of allylic oxidation sites excluding steroid dienone is 1. The third-order valence-corrected chi connectivity index (χ3v) is 4.03. The molecule has 0 aromatic heterocycles. The van der Waals surface area contributed by atoms with Crippen LogP contribution < -0.4 is 0 Å². The van der Waals surface area contributed by atoms with Crippen LogP contribution in [-0.2, 0) is 0 Å². The molecule has 0 aliphatic rings. The molecule has 1 aromatic rings. The summed E-state index contributed by atoms with van der Waals surface area (Å²) in [6.07, 6.45) is -9.09. The molecular formula is C16H7F17. The Bertz CT molecular complexity index is 848. The van der Waals surface area contributed by atoms with E-state index >= 15 is 0 Å². The molecule has 0 spiro atoms. The van der Waals surface area contributed by atoms with Crippen molar-refractivity contribution in [3.8, 4) is 0 Å². The Hall–Kier alpha value is -2.23. The zero-order valence-corrected chi connectivity index (χ0v) is 15.0. The normalized spacial score (nSPS) is 15.9. The van der Waals surface area contributed by atoms with Crippen molar-refractivity contribution in [2.45, 2.75) is 47.6 Å². The summed E-state index contributed by atoms with van der Waals surface area (Å²) in [5.74, 6) is -56.4. The highest BCUT2D eigenvalue weighted by Gasteiger charge is 2.95. The Morgan fingerprint density at radius 2 is 0.758 bits per heavy atom. The topological polar surface area (TPSA) is 0 Å². The maximum atomic E-state index is 13.6. The summed E-state index contributed by atoms with van der Waals surface area (Å²) >= 11 is 0. The van der Waals surface area contributed by atoms with Crippen LogP contribution in [0.1, 0.15) is 5.56 Å². The van der Waals surface area contributed by atoms with Gasteiger partial charge in [0.25, 0.3) is 0 Å². The molecule has 0 nitrogen and oxygen atoms in total. The maximum absolute atomic E-state index is 13.6. The molecule has 0 fully saturated rings. The van der Waals surface area contributed by atoms with Gasteiger partial charge in [-0.2, -0.15) is 74.6 Å². The highest BCUT2D eigenvalue weighted by atomic mass is 19.4. The number of halogens is 17. The molecule has 0 radical (unpaired) electrons. The van der Waals surface area contributed by atoms with E-state index < -0.39 is 59.3 Å². The number of hydrogen-bond acceptors (Lipinski definition) is 0. The maximum Gasteiger partial charge on any atom is 0.460 e. The highest BCUT2D eigenvalue weighted by molar-refractivity contribution is 5.50. The Morgan fingerprint density at radius 1 is 0.424 bits per heavy atom. The fourth-order valence-electron chi connectivity index (χ4n) is 2.05. The molecule has 1 rings (SSSR count). The minimum absolute atomic E-state index is 0.104. The van der Waals surface area contributed by atoms with Gasteiger partial charge in [0, 0.05) is 0 Å². The standard InChI is InChI=1S/C16H7F17/c17-9(18,7-6-8-4-2-1-3-5-8)10(19,20)11(21,22)12(23,24)13(25,26)14(27,28)15(29,30)16(31,32)33/h1-7H/b7-6+. The molecule has 0 amide bonds. The first-order chi connectivity index (χ1) is 14.3. The lowest BCUT2D eigenvalue weighted by molar-refractivity contribution is -0.459. The van der Waals surface area contributed by atoms with E-state index in [1.54, 1.807) is 0 Å². The van der Waals surface area contributed by atoms with Gasteiger partial charge in [0.1, 0.15) is 0 Å². The predicted octanol–water partition coefficient (Wildman–Crippen LogP) is 7.71. The van der Waals surface area contributed by atoms with E-state index in [9.17, 15) is 74.6 Å². The van der Waals surface area contributed by atoms with E-state index in [2.05, 4.69) is 0 Å². The number of hydrogen-bond donors (Lipinski definition) is 0. The molecule has 0 atom stereocenters. The summed E-state index contributed by atoms with van der Waals surface area (Å²) in [4.78, 5) is 0. The summed E-state index contributed by atoms with van der Waals surface area (Å²) in [7, 11) is 0. The van der Waals surface area contributed by atoms with Gasteiger partial charge < -0.3 is 0 Å². The third-order valence-electron chi connectivity index (χ3n) is 4.03. The van der Waals surface area contributed by atoms with Gasteiger partial charge >= 0.3 is 47.6 Å². The molecule has 0 aliphatic carbocycles. The molecule has 0 saturated heterocycles. The largest absolute Gasteiger partial charge is 0.460 e. The zero-order chi connectivity index (χ0) is 26.5. The van der Waals surface area contributed by atoms with Gasteiger partial charge in [-0.05, 0) is 11.6 Å². The van der Waals surface area contributed by atoms with Crippen molar-refractivity contribution in [3.05, 3.63) is 42.0 Å². The molecule has 0 bridgehead atoms. The second-order valence-corrected chi connectivity index (χ2v) is 6.31. The smallest absolute Gasteiger partial charge is 0.195 e. The van der Waals surface area contributed by atoms with Crippen LogP contribution in [0, 0.1) is 0 Å². The summed E-state index contributed by atoms with van der Waals surface area (Å²) in [6.45, 7) is 0. The predicted molar refractivity (Wildman–Crippen MR) is 76.2 cm³/mol. The highest BCUT2D eigenvalue weighted by Crippen LogP contribution is 2.64. The minimum atomic E-state index is -8.62. The first-order valence-electron chi connectivity index (χ1n) is 7.78. The molecule has 1 aromatic carbocycles. The van der Waals surface area contributed by atoms with Gasteiger partial charge in [-0.25, -0.2) is 0 Å². The van der Waals surface area contributed by atoms with Crippen molar-refractivity contribution in [2.24, 2.45) is 0 Å². The van der Waals surface area contributed by atoms with Gasteiger partial charge in [-0.15, -0.1) is 0 Å². The van der Waals surface area contributed by atoms with Crippen LogP contribution in [0.2, 0.25) is 0 Å². The van der Waals surface area contributed by atoms with Gasteiger partial charge in [-0.1, -0.05) is 36.4 Å². The van der Waals surface area contributed by atoms with Crippen LogP contribution in [-0.4, -0.2) is 47.6 Å². The lowest BCUT2D eigenvalue weighted by Gasteiger charge is -2.42. The van der Waals surface area contributed by atoms with Crippen molar-refractivity contribution in [2.75, 3.05) is 0 Å². The van der Waals surface area contributed by atoms with Crippen molar-refractivity contribution in [1.29, 1.82) is 0 Å². The van der Waals surface area contributed by atoms with E-state index in [0.717, 1.165) is 24.3 Å². The fraction of sp³-hybridized carbons (Fsp3) is 0.500. The molecule has 0 unspecified atom stereocenters. The molecule has 0 heterocycles. The van der Waals surface area contributed by atoms with Gasteiger partial charge in [-0.3, -0.25) is 0 Å². The second kappa shape index (κ2) is 7.92. The van der Waals surface area contributed by atoms with Crippen molar-refractivity contribution in [3.63, 3.8) is 0 Å². The van der Waals surface area contributed by atoms with E-state index in [0.29, 0.717) is 0 Å². The van der Waals surface area contributed by atoms with Crippen LogP contribution >= 0.6 is 0 Å². The zero-order valence-electron chi connectivity index (χ0n) is 15.0. The van der Waals surface area contributed by atoms with Gasteiger partial charge in [0.05, 0.1) is 0 Å². The Labute approximate surface area is 171 Å². The Balaban J connectivity index is 3.58. The molecule has 0 saturated carbocycles. The number of alkyl halides is 17. The molecular weight excluding hydrogens is 515 g/mol. The number of rotatable bonds is 8. The molecule has 190 valence electrons. The van der Waals surface area contributed by atoms with Crippen molar-refractivity contribution >= 4 is 6.08 Å². The van der Waals surface area contributed by atoms with E-state index in [4.69, 9.17) is 0 Å². The quantitative estimate of drug-likeness (QED) is 0.307. The SMILES string of the molecule is FC(F)(F)C(F)(F)C(F)(F)C(F)(F)C(F)(F)C(F)(F)C(F)(F)C(F)(F)/C=C/c1ccccc1. The van der Waals surface area contributed by atoms with Gasteiger partial charge in [0.15, 0.2) is 0 Å². The number of benzene rings is 1. The lowest BCUT2D eigenvalue weighted by Crippen LogP contribution is -2.74. The molecule has 0 N–H and O–H groups in total. The first kappa shape index (κ1) is 28.8. The fourth-order valence-corrected chi connectivity index (χ4v) is 2.05.